The fourth-order valence-corrected chi connectivity index (χ4v) is 3.11. The number of hydrogen-bond donors (Lipinski definition) is 2. The first kappa shape index (κ1) is 17.5. The smallest absolute Gasteiger partial charge is 0.326 e. The highest BCUT2D eigenvalue weighted by molar-refractivity contribution is 7.89. The molecule has 0 spiro atoms. The summed E-state index contributed by atoms with van der Waals surface area (Å²) in [7, 11) is -1.81. The van der Waals surface area contributed by atoms with Crippen LogP contribution in [0.25, 0.3) is 0 Å². The molecule has 0 bridgehead atoms. The Balaban J connectivity index is 2.94. The van der Waals surface area contributed by atoms with Gasteiger partial charge in [-0.05, 0) is 37.1 Å². The second kappa shape index (κ2) is 7.42. The van der Waals surface area contributed by atoms with Crippen LogP contribution in [0.4, 0.5) is 5.69 Å². The molecular weight excluding hydrogens is 292 g/mol. The minimum atomic E-state index is -3.49. The number of nitrogens with one attached hydrogen (secondary N) is 1. The van der Waals surface area contributed by atoms with Gasteiger partial charge in [-0.15, -0.1) is 0 Å². The second-order valence-corrected chi connectivity index (χ2v) is 6.53. The minimum Gasteiger partial charge on any atom is -0.480 e. The van der Waals surface area contributed by atoms with Crippen molar-refractivity contribution in [1.29, 1.82) is 0 Å². The van der Waals surface area contributed by atoms with Gasteiger partial charge in [-0.3, -0.25) is 0 Å². The average molecular weight is 314 g/mol. The van der Waals surface area contributed by atoms with Crippen LogP contribution in [0.3, 0.4) is 0 Å². The Kier molecular flexibility index (Phi) is 6.17. The van der Waals surface area contributed by atoms with E-state index in [1.54, 1.807) is 31.0 Å². The van der Waals surface area contributed by atoms with Crippen LogP contribution < -0.4 is 9.62 Å². The molecule has 7 heteroatoms. The number of likely N-dealkylation sites (N-methyl/N-ethyl adjacent to an activating group) is 1. The first-order valence-corrected chi connectivity index (χ1v) is 8.37. The van der Waals surface area contributed by atoms with Crippen molar-refractivity contribution in [3.8, 4) is 0 Å². The van der Waals surface area contributed by atoms with Gasteiger partial charge >= 0.3 is 5.97 Å². The average Bonchev–Trinajstić information content (AvgIpc) is 2.45. The molecule has 0 aliphatic rings. The Hall–Kier alpha value is -1.60. The Bertz CT molecular complexity index is 569. The normalized spacial score (nSPS) is 12.9. The molecule has 0 aliphatic carbocycles. The molecule has 118 valence electrons. The molecule has 0 amide bonds. The molecule has 1 atom stereocenters. The molecule has 1 rings (SSSR count). The van der Waals surface area contributed by atoms with Gasteiger partial charge in [0.2, 0.25) is 10.0 Å². The molecule has 21 heavy (non-hydrogen) atoms. The number of carbonyl (C=O) groups is 1. The number of hydrogen-bond acceptors (Lipinski definition) is 4. The molecule has 6 nitrogen and oxygen atoms in total. The van der Waals surface area contributed by atoms with E-state index < -0.39 is 22.0 Å². The fourth-order valence-electron chi connectivity index (χ4n) is 1.97. The Morgan fingerprint density at radius 2 is 1.86 bits per heavy atom. The lowest BCUT2D eigenvalue weighted by atomic mass is 10.2. The zero-order valence-electron chi connectivity index (χ0n) is 12.5. The predicted molar refractivity (Wildman–Crippen MR) is 82.0 cm³/mol. The molecule has 2 N–H and O–H groups in total. The lowest BCUT2D eigenvalue weighted by Crippen LogP contribution is -2.37. The van der Waals surface area contributed by atoms with Crippen molar-refractivity contribution in [1.82, 2.24) is 4.72 Å². The van der Waals surface area contributed by atoms with Gasteiger partial charge in [0.15, 0.2) is 0 Å². The topological polar surface area (TPSA) is 86.7 Å². The van der Waals surface area contributed by atoms with E-state index in [-0.39, 0.29) is 4.90 Å². The summed E-state index contributed by atoms with van der Waals surface area (Å²) in [6, 6.07) is 5.57. The van der Waals surface area contributed by atoms with Crippen LogP contribution in [0.1, 0.15) is 26.7 Å². The summed E-state index contributed by atoms with van der Waals surface area (Å²) >= 11 is 0. The number of anilines is 1. The highest BCUT2D eigenvalue weighted by Crippen LogP contribution is 2.20. The molecule has 0 aromatic heterocycles. The lowest BCUT2D eigenvalue weighted by Gasteiger charge is -2.25. The number of benzene rings is 1. The Morgan fingerprint density at radius 1 is 1.29 bits per heavy atom. The van der Waals surface area contributed by atoms with Crippen LogP contribution in [0, 0.1) is 0 Å². The van der Waals surface area contributed by atoms with Crippen molar-refractivity contribution in [3.05, 3.63) is 24.3 Å². The molecule has 1 aromatic carbocycles. The number of carboxylic acids is 1. The first-order chi connectivity index (χ1) is 9.83. The quantitative estimate of drug-likeness (QED) is 0.762. The van der Waals surface area contributed by atoms with Crippen LogP contribution in [-0.4, -0.2) is 39.1 Å². The van der Waals surface area contributed by atoms with Gasteiger partial charge in [0, 0.05) is 19.3 Å². The van der Waals surface area contributed by atoms with Gasteiger partial charge in [-0.25, -0.2) is 17.9 Å². The van der Waals surface area contributed by atoms with Gasteiger partial charge < -0.3 is 10.0 Å². The van der Waals surface area contributed by atoms with Gasteiger partial charge in [0.25, 0.3) is 0 Å². The molecule has 0 fully saturated rings. The summed E-state index contributed by atoms with van der Waals surface area (Å²) in [5, 5.41) is 9.14. The van der Waals surface area contributed by atoms with E-state index in [9.17, 15) is 13.2 Å². The zero-order valence-corrected chi connectivity index (χ0v) is 13.4. The number of nitrogens with zero attached hydrogens (tertiary/aromatic N) is 1. The summed E-state index contributed by atoms with van der Waals surface area (Å²) in [6.07, 6.45) is 1.18. The Labute approximate surface area is 125 Å². The Morgan fingerprint density at radius 3 is 2.29 bits per heavy atom. The summed E-state index contributed by atoms with van der Waals surface area (Å²) in [4.78, 5) is 12.9. The predicted octanol–water partition coefficient (Wildman–Crippen LogP) is 1.67. The van der Waals surface area contributed by atoms with Crippen molar-refractivity contribution >= 4 is 21.7 Å². The maximum atomic E-state index is 12.0. The van der Waals surface area contributed by atoms with Crippen LogP contribution >= 0.6 is 0 Å². The summed E-state index contributed by atoms with van der Waals surface area (Å²) in [5.74, 6) is -0.902. The monoisotopic (exact) mass is 314 g/mol. The van der Waals surface area contributed by atoms with Crippen LogP contribution in [0.5, 0.6) is 0 Å². The largest absolute Gasteiger partial charge is 0.480 e. The van der Waals surface area contributed by atoms with E-state index in [1.165, 1.54) is 12.1 Å². The van der Waals surface area contributed by atoms with E-state index in [4.69, 9.17) is 5.11 Å². The molecule has 0 heterocycles. The second-order valence-electron chi connectivity index (χ2n) is 4.76. The molecule has 0 aliphatic heterocycles. The van der Waals surface area contributed by atoms with Gasteiger partial charge in [-0.2, -0.15) is 0 Å². The third kappa shape index (κ3) is 4.44. The van der Waals surface area contributed by atoms with Gasteiger partial charge in [0.05, 0.1) is 4.90 Å². The van der Waals surface area contributed by atoms with Crippen LogP contribution in [-0.2, 0) is 14.8 Å². The zero-order chi connectivity index (χ0) is 16.0. The van der Waals surface area contributed by atoms with Crippen LogP contribution in [0.2, 0.25) is 0 Å². The fraction of sp³-hybridized carbons (Fsp3) is 0.500. The molecule has 0 saturated carbocycles. The SMILES string of the molecule is CCCNS(=O)(=O)c1ccc(N(C)C(CC)C(=O)O)cc1. The van der Waals surface area contributed by atoms with Crippen molar-refractivity contribution in [2.75, 3.05) is 18.5 Å². The highest BCUT2D eigenvalue weighted by atomic mass is 32.2. The van der Waals surface area contributed by atoms with Crippen molar-refractivity contribution < 1.29 is 18.3 Å². The lowest BCUT2D eigenvalue weighted by molar-refractivity contribution is -0.138. The van der Waals surface area contributed by atoms with E-state index in [2.05, 4.69) is 4.72 Å². The van der Waals surface area contributed by atoms with Gasteiger partial charge in [0.1, 0.15) is 6.04 Å². The maximum Gasteiger partial charge on any atom is 0.326 e. The number of rotatable bonds is 8. The minimum absolute atomic E-state index is 0.177. The van der Waals surface area contributed by atoms with E-state index in [1.807, 2.05) is 6.92 Å². The number of aliphatic carboxylic acids is 1. The number of sulfonamides is 1. The summed E-state index contributed by atoms with van der Waals surface area (Å²) in [6.45, 7) is 4.07. The third-order valence-electron chi connectivity index (χ3n) is 3.24. The first-order valence-electron chi connectivity index (χ1n) is 6.88. The van der Waals surface area contributed by atoms with E-state index in [0.29, 0.717) is 18.7 Å². The summed E-state index contributed by atoms with van der Waals surface area (Å²) in [5.41, 5.74) is 0.665. The molecule has 1 unspecified atom stereocenters. The van der Waals surface area contributed by atoms with Gasteiger partial charge in [-0.1, -0.05) is 13.8 Å². The van der Waals surface area contributed by atoms with Crippen molar-refractivity contribution in [2.24, 2.45) is 0 Å². The molecule has 0 saturated heterocycles. The van der Waals surface area contributed by atoms with Crippen molar-refractivity contribution in [2.45, 2.75) is 37.6 Å². The van der Waals surface area contributed by atoms with Crippen LogP contribution in [0.15, 0.2) is 29.2 Å². The molecule has 0 radical (unpaired) electrons. The highest BCUT2D eigenvalue weighted by Gasteiger charge is 2.21. The standard InChI is InChI=1S/C14H22N2O4S/c1-4-10-15-21(19,20)12-8-6-11(7-9-12)16(3)13(5-2)14(17)18/h6-9,13,15H,4-5,10H2,1-3H3,(H,17,18). The maximum absolute atomic E-state index is 12.0. The molecule has 1 aromatic rings. The molecular formula is C14H22N2O4S. The number of carboxylic acid groups (broad SMARTS) is 1. The summed E-state index contributed by atoms with van der Waals surface area (Å²) < 4.78 is 26.4. The van der Waals surface area contributed by atoms with E-state index in [0.717, 1.165) is 6.42 Å². The van der Waals surface area contributed by atoms with E-state index >= 15 is 0 Å². The third-order valence-corrected chi connectivity index (χ3v) is 4.71. The van der Waals surface area contributed by atoms with Crippen molar-refractivity contribution in [3.63, 3.8) is 0 Å².